The van der Waals surface area contributed by atoms with Crippen molar-refractivity contribution in [3.63, 3.8) is 0 Å². The maximum absolute atomic E-state index is 14.1. The number of aliphatic imine (C=N–C) groups is 1. The third-order valence-electron chi connectivity index (χ3n) is 4.78. The van der Waals surface area contributed by atoms with Gasteiger partial charge in [-0.3, -0.25) is 20.4 Å². The smallest absolute Gasteiger partial charge is 0.428 e. The molecule has 3 rings (SSSR count). The van der Waals surface area contributed by atoms with Crippen LogP contribution >= 0.6 is 23.2 Å². The number of methoxy groups -OCH3 is 1. The second-order valence-corrected chi connectivity index (χ2v) is 7.74. The average molecular weight is 488 g/mol. The number of nitrogens with zero attached hydrogens (tertiary/aromatic N) is 1. The first kappa shape index (κ1) is 23.9. The number of hydroxylamine groups is 1. The topological polar surface area (TPSA) is 72.0 Å². The van der Waals surface area contributed by atoms with Gasteiger partial charge in [0.25, 0.3) is 11.9 Å². The average Bonchev–Trinajstić information content (AvgIpc) is 3.18. The third kappa shape index (κ3) is 4.55. The number of carbonyl (C=O) groups excluding carboxylic acids is 1. The van der Waals surface area contributed by atoms with Crippen molar-refractivity contribution < 1.29 is 27.5 Å². The monoisotopic (exact) mass is 487 g/mol. The van der Waals surface area contributed by atoms with Crippen molar-refractivity contribution in [2.45, 2.75) is 18.7 Å². The molecule has 0 saturated heterocycles. The first-order chi connectivity index (χ1) is 15.0. The Balaban J connectivity index is 2.00. The molecule has 1 heterocycles. The molecule has 11 heteroatoms. The number of halogens is 5. The van der Waals surface area contributed by atoms with Gasteiger partial charge in [0.15, 0.2) is 0 Å². The number of benzene rings is 2. The molecule has 170 valence electrons. The fraction of sp³-hybridized carbons (Fsp3) is 0.238. The number of carbonyl (C=O) groups is 1. The van der Waals surface area contributed by atoms with Gasteiger partial charge in [-0.15, -0.1) is 0 Å². The maximum Gasteiger partial charge on any atom is 0.428 e. The lowest BCUT2D eigenvalue weighted by Gasteiger charge is -2.28. The predicted octanol–water partition coefficient (Wildman–Crippen LogP) is 5.00. The molecule has 1 aliphatic heterocycles. The van der Waals surface area contributed by atoms with Crippen LogP contribution in [0.15, 0.2) is 47.5 Å². The zero-order valence-corrected chi connectivity index (χ0v) is 18.6. The van der Waals surface area contributed by atoms with Crippen molar-refractivity contribution in [1.29, 1.82) is 0 Å². The van der Waals surface area contributed by atoms with E-state index >= 15 is 0 Å². The standard InChI is InChI=1S/C21H18Cl2F3N3O3/c1-11-6-12(4-5-16(11)18(30)28-19(27-2)31-3)17-10-20(32-29-17,21(24,25)26)13-7-14(22)9-15(23)8-13/h4-10,29H,1-3H3,(H,27,28,30). The molecule has 6 nitrogen and oxygen atoms in total. The van der Waals surface area contributed by atoms with E-state index in [1.54, 1.807) is 13.0 Å². The zero-order chi connectivity index (χ0) is 23.7. The minimum absolute atomic E-state index is 0.0298. The molecule has 1 unspecified atom stereocenters. The van der Waals surface area contributed by atoms with Crippen molar-refractivity contribution in [2.24, 2.45) is 4.99 Å². The van der Waals surface area contributed by atoms with Gasteiger partial charge in [0.2, 0.25) is 5.60 Å². The van der Waals surface area contributed by atoms with E-state index in [4.69, 9.17) is 32.8 Å². The molecule has 0 aliphatic carbocycles. The summed E-state index contributed by atoms with van der Waals surface area (Å²) in [5, 5.41) is 2.57. The quantitative estimate of drug-likeness (QED) is 0.472. The van der Waals surface area contributed by atoms with Crippen molar-refractivity contribution >= 4 is 40.8 Å². The van der Waals surface area contributed by atoms with Crippen LogP contribution in [0, 0.1) is 6.92 Å². The Morgan fingerprint density at radius 3 is 2.38 bits per heavy atom. The van der Waals surface area contributed by atoms with Crippen LogP contribution in [0.3, 0.4) is 0 Å². The van der Waals surface area contributed by atoms with Gasteiger partial charge < -0.3 is 4.74 Å². The number of hydrogen-bond acceptors (Lipinski definition) is 5. The molecule has 0 fully saturated rings. The minimum atomic E-state index is -4.82. The Bertz CT molecular complexity index is 1100. The van der Waals surface area contributed by atoms with Gasteiger partial charge in [0, 0.05) is 28.2 Å². The maximum atomic E-state index is 14.1. The number of rotatable bonds is 3. The Labute approximate surface area is 192 Å². The first-order valence-electron chi connectivity index (χ1n) is 9.14. The van der Waals surface area contributed by atoms with Crippen LogP contribution in [-0.4, -0.2) is 32.3 Å². The van der Waals surface area contributed by atoms with Gasteiger partial charge in [-0.1, -0.05) is 29.3 Å². The normalized spacial score (nSPS) is 18.8. The van der Waals surface area contributed by atoms with Gasteiger partial charge in [-0.05, 0) is 54.5 Å². The van der Waals surface area contributed by atoms with Crippen molar-refractivity contribution in [2.75, 3.05) is 14.2 Å². The van der Waals surface area contributed by atoms with Crippen LogP contribution in [0.1, 0.15) is 27.0 Å². The Morgan fingerprint density at radius 2 is 1.84 bits per heavy atom. The molecule has 0 saturated carbocycles. The molecule has 2 aromatic carbocycles. The molecule has 1 amide bonds. The van der Waals surface area contributed by atoms with Gasteiger partial charge in [0.1, 0.15) is 0 Å². The van der Waals surface area contributed by atoms with E-state index in [0.717, 1.165) is 18.2 Å². The Kier molecular flexibility index (Phi) is 6.73. The van der Waals surface area contributed by atoms with Crippen molar-refractivity contribution in [1.82, 2.24) is 10.8 Å². The van der Waals surface area contributed by atoms with Crippen LogP contribution in [-0.2, 0) is 15.2 Å². The van der Waals surface area contributed by atoms with Crippen molar-refractivity contribution in [3.8, 4) is 0 Å². The number of ether oxygens (including phenoxy) is 1. The van der Waals surface area contributed by atoms with E-state index in [9.17, 15) is 18.0 Å². The third-order valence-corrected chi connectivity index (χ3v) is 5.22. The lowest BCUT2D eigenvalue weighted by Crippen LogP contribution is -2.42. The summed E-state index contributed by atoms with van der Waals surface area (Å²) >= 11 is 11.8. The number of nitrogens with one attached hydrogen (secondary N) is 2. The number of amidine groups is 1. The summed E-state index contributed by atoms with van der Waals surface area (Å²) in [6.07, 6.45) is -3.91. The summed E-state index contributed by atoms with van der Waals surface area (Å²) in [4.78, 5) is 21.2. The predicted molar refractivity (Wildman–Crippen MR) is 115 cm³/mol. The fourth-order valence-electron chi connectivity index (χ4n) is 3.20. The zero-order valence-electron chi connectivity index (χ0n) is 17.1. The summed E-state index contributed by atoms with van der Waals surface area (Å²) < 4.78 is 47.3. The molecule has 2 N–H and O–H groups in total. The second-order valence-electron chi connectivity index (χ2n) is 6.87. The number of alkyl halides is 3. The molecule has 1 aliphatic rings. The summed E-state index contributed by atoms with van der Waals surface area (Å²) in [5.41, 5.74) is 0.549. The molecular weight excluding hydrogens is 470 g/mol. The Hall–Kier alpha value is -2.75. The summed E-state index contributed by atoms with van der Waals surface area (Å²) in [7, 11) is 2.81. The highest BCUT2D eigenvalue weighted by Gasteiger charge is 2.59. The molecule has 32 heavy (non-hydrogen) atoms. The van der Waals surface area contributed by atoms with Gasteiger partial charge in [0.05, 0.1) is 12.8 Å². The summed E-state index contributed by atoms with van der Waals surface area (Å²) in [6, 6.07) is 8.18. The molecule has 1 atom stereocenters. The van der Waals surface area contributed by atoms with E-state index in [1.807, 2.05) is 0 Å². The van der Waals surface area contributed by atoms with Gasteiger partial charge in [-0.2, -0.15) is 13.2 Å². The van der Waals surface area contributed by atoms with Crippen LogP contribution in [0.25, 0.3) is 5.70 Å². The molecular formula is C21H18Cl2F3N3O3. The van der Waals surface area contributed by atoms with Crippen LogP contribution < -0.4 is 10.8 Å². The van der Waals surface area contributed by atoms with E-state index in [0.29, 0.717) is 16.7 Å². The fourth-order valence-corrected chi connectivity index (χ4v) is 3.73. The number of hydrogen-bond donors (Lipinski definition) is 2. The summed E-state index contributed by atoms with van der Waals surface area (Å²) in [5.74, 6) is -0.473. The second kappa shape index (κ2) is 9.01. The minimum Gasteiger partial charge on any atom is -0.468 e. The summed E-state index contributed by atoms with van der Waals surface area (Å²) in [6.45, 7) is 1.65. The SMILES string of the molecule is CN=C(NC(=O)c1ccc(C2=CC(c3cc(Cl)cc(Cl)c3)(C(F)(F)F)ON2)cc1C)OC. The van der Waals surface area contributed by atoms with E-state index in [-0.39, 0.29) is 27.3 Å². The lowest BCUT2D eigenvalue weighted by atomic mass is 9.91. The molecule has 0 aromatic heterocycles. The lowest BCUT2D eigenvalue weighted by molar-refractivity contribution is -0.269. The molecule has 0 spiro atoms. The number of amides is 1. The van der Waals surface area contributed by atoms with Crippen LogP contribution in [0.5, 0.6) is 0 Å². The van der Waals surface area contributed by atoms with E-state index < -0.39 is 17.7 Å². The van der Waals surface area contributed by atoms with Crippen LogP contribution in [0.4, 0.5) is 13.2 Å². The molecule has 0 radical (unpaired) electrons. The van der Waals surface area contributed by atoms with Gasteiger partial charge >= 0.3 is 6.18 Å². The van der Waals surface area contributed by atoms with Crippen LogP contribution in [0.2, 0.25) is 10.0 Å². The largest absolute Gasteiger partial charge is 0.468 e. The highest BCUT2D eigenvalue weighted by Crippen LogP contribution is 2.48. The molecule has 2 aromatic rings. The number of aryl methyl sites for hydroxylation is 1. The Morgan fingerprint density at radius 1 is 1.19 bits per heavy atom. The van der Waals surface area contributed by atoms with E-state index in [2.05, 4.69) is 15.8 Å². The van der Waals surface area contributed by atoms with Gasteiger partial charge in [-0.25, -0.2) is 4.99 Å². The highest BCUT2D eigenvalue weighted by molar-refractivity contribution is 6.34. The van der Waals surface area contributed by atoms with E-state index in [1.165, 1.54) is 32.4 Å². The highest BCUT2D eigenvalue weighted by atomic mass is 35.5. The first-order valence-corrected chi connectivity index (χ1v) is 9.89. The molecule has 0 bridgehead atoms. The van der Waals surface area contributed by atoms with Crippen molar-refractivity contribution in [3.05, 3.63) is 74.8 Å².